The van der Waals surface area contributed by atoms with Crippen LogP contribution in [0.5, 0.6) is 0 Å². The first-order valence-electron chi connectivity index (χ1n) is 5.91. The number of rotatable bonds is 3. The van der Waals surface area contributed by atoms with Crippen LogP contribution < -0.4 is 5.32 Å². The highest BCUT2D eigenvalue weighted by molar-refractivity contribution is 5.81. The zero-order valence-corrected chi connectivity index (χ0v) is 9.76. The second-order valence-corrected chi connectivity index (χ2v) is 4.48. The number of alkyl halides is 3. The van der Waals surface area contributed by atoms with E-state index in [-0.39, 0.29) is 12.5 Å². The molecule has 98 valence electrons. The summed E-state index contributed by atoms with van der Waals surface area (Å²) in [5, 5.41) is 1.92. The molecule has 1 aliphatic rings. The van der Waals surface area contributed by atoms with E-state index in [0.29, 0.717) is 6.42 Å². The third kappa shape index (κ3) is 2.83. The smallest absolute Gasteiger partial charge is 0.348 e. The number of hydrogen-bond donors (Lipinski definition) is 1. The molecule has 1 N–H and O–H groups in total. The second kappa shape index (κ2) is 5.00. The molecule has 0 bridgehead atoms. The van der Waals surface area contributed by atoms with Crippen molar-refractivity contribution >= 4 is 5.91 Å². The maximum absolute atomic E-state index is 12.0. The van der Waals surface area contributed by atoms with Gasteiger partial charge in [-0.1, -0.05) is 24.3 Å². The SMILES string of the molecule is O=C(NCC[C@H]1CCc2ccccc21)C(F)(F)F. The summed E-state index contributed by atoms with van der Waals surface area (Å²) >= 11 is 0. The zero-order valence-electron chi connectivity index (χ0n) is 9.76. The minimum atomic E-state index is -4.78. The quantitative estimate of drug-likeness (QED) is 0.886. The number of hydrogen-bond acceptors (Lipinski definition) is 1. The van der Waals surface area contributed by atoms with Crippen LogP contribution in [-0.4, -0.2) is 18.6 Å². The third-order valence-electron chi connectivity index (χ3n) is 3.29. The molecule has 0 fully saturated rings. The number of fused-ring (bicyclic) bond motifs is 1. The molecule has 0 saturated heterocycles. The molecule has 1 aliphatic carbocycles. The molecular weight excluding hydrogens is 243 g/mol. The average molecular weight is 257 g/mol. The van der Waals surface area contributed by atoms with Gasteiger partial charge in [-0.15, -0.1) is 0 Å². The summed E-state index contributed by atoms with van der Waals surface area (Å²) in [6.07, 6.45) is -2.32. The van der Waals surface area contributed by atoms with Crippen LogP contribution in [0.15, 0.2) is 24.3 Å². The summed E-state index contributed by atoms with van der Waals surface area (Å²) in [6, 6.07) is 7.96. The Bertz CT molecular complexity index is 442. The number of benzene rings is 1. The van der Waals surface area contributed by atoms with Crippen molar-refractivity contribution in [3.63, 3.8) is 0 Å². The fourth-order valence-corrected chi connectivity index (χ4v) is 2.41. The molecule has 0 radical (unpaired) electrons. The number of amides is 1. The Balaban J connectivity index is 1.85. The van der Waals surface area contributed by atoms with Gasteiger partial charge in [0.15, 0.2) is 0 Å². The summed E-state index contributed by atoms with van der Waals surface area (Å²) in [4.78, 5) is 10.6. The maximum Gasteiger partial charge on any atom is 0.471 e. The fourth-order valence-electron chi connectivity index (χ4n) is 2.41. The van der Waals surface area contributed by atoms with Gasteiger partial charge < -0.3 is 5.32 Å². The number of carbonyl (C=O) groups excluding carboxylic acids is 1. The predicted octanol–water partition coefficient (Wildman–Crippen LogP) is 2.79. The lowest BCUT2D eigenvalue weighted by atomic mass is 9.98. The molecule has 0 aromatic heterocycles. The van der Waals surface area contributed by atoms with E-state index in [4.69, 9.17) is 0 Å². The molecule has 0 heterocycles. The molecular formula is C13H14F3NO. The molecule has 1 amide bonds. The lowest BCUT2D eigenvalue weighted by Gasteiger charge is -2.13. The Morgan fingerprint density at radius 1 is 1.33 bits per heavy atom. The Morgan fingerprint density at radius 3 is 2.78 bits per heavy atom. The van der Waals surface area contributed by atoms with Crippen LogP contribution >= 0.6 is 0 Å². The summed E-state index contributed by atoms with van der Waals surface area (Å²) in [5.74, 6) is -1.59. The van der Waals surface area contributed by atoms with Crippen molar-refractivity contribution in [1.29, 1.82) is 0 Å². The minimum absolute atomic E-state index is 0.0668. The van der Waals surface area contributed by atoms with E-state index in [9.17, 15) is 18.0 Å². The molecule has 2 rings (SSSR count). The van der Waals surface area contributed by atoms with E-state index < -0.39 is 12.1 Å². The first kappa shape index (κ1) is 12.9. The van der Waals surface area contributed by atoms with Gasteiger partial charge >= 0.3 is 12.1 Å². The van der Waals surface area contributed by atoms with Gasteiger partial charge in [0.25, 0.3) is 0 Å². The lowest BCUT2D eigenvalue weighted by molar-refractivity contribution is -0.173. The summed E-state index contributed by atoms with van der Waals surface area (Å²) in [6.45, 7) is 0.0668. The second-order valence-electron chi connectivity index (χ2n) is 4.48. The molecule has 0 saturated carbocycles. The van der Waals surface area contributed by atoms with Crippen LogP contribution in [0.4, 0.5) is 13.2 Å². The summed E-state index contributed by atoms with van der Waals surface area (Å²) < 4.78 is 35.9. The lowest BCUT2D eigenvalue weighted by Crippen LogP contribution is -2.37. The van der Waals surface area contributed by atoms with Gasteiger partial charge in [-0.2, -0.15) is 13.2 Å². The van der Waals surface area contributed by atoms with Gasteiger partial charge in [0, 0.05) is 6.54 Å². The average Bonchev–Trinajstić information content (AvgIpc) is 2.71. The first-order chi connectivity index (χ1) is 8.48. The normalized spacial score (nSPS) is 18.5. The highest BCUT2D eigenvalue weighted by Gasteiger charge is 2.38. The van der Waals surface area contributed by atoms with E-state index in [0.717, 1.165) is 12.8 Å². The van der Waals surface area contributed by atoms with E-state index in [1.165, 1.54) is 11.1 Å². The Kier molecular flexibility index (Phi) is 3.59. The molecule has 18 heavy (non-hydrogen) atoms. The van der Waals surface area contributed by atoms with E-state index in [1.807, 2.05) is 29.6 Å². The van der Waals surface area contributed by atoms with E-state index in [1.54, 1.807) is 0 Å². The van der Waals surface area contributed by atoms with Gasteiger partial charge in [-0.3, -0.25) is 4.79 Å². The van der Waals surface area contributed by atoms with Crippen LogP contribution in [-0.2, 0) is 11.2 Å². The first-order valence-corrected chi connectivity index (χ1v) is 5.91. The van der Waals surface area contributed by atoms with Gasteiger partial charge in [0.2, 0.25) is 0 Å². The van der Waals surface area contributed by atoms with Gasteiger partial charge in [-0.25, -0.2) is 0 Å². The molecule has 0 aliphatic heterocycles. The van der Waals surface area contributed by atoms with Crippen molar-refractivity contribution in [3.8, 4) is 0 Å². The predicted molar refractivity (Wildman–Crippen MR) is 61.2 cm³/mol. The van der Waals surface area contributed by atoms with E-state index in [2.05, 4.69) is 0 Å². The third-order valence-corrected chi connectivity index (χ3v) is 3.29. The molecule has 0 unspecified atom stereocenters. The van der Waals surface area contributed by atoms with Crippen molar-refractivity contribution in [2.75, 3.05) is 6.54 Å². The van der Waals surface area contributed by atoms with Crippen molar-refractivity contribution in [1.82, 2.24) is 5.32 Å². The fraction of sp³-hybridized carbons (Fsp3) is 0.462. The van der Waals surface area contributed by atoms with Crippen LogP contribution in [0.2, 0.25) is 0 Å². The highest BCUT2D eigenvalue weighted by atomic mass is 19.4. The van der Waals surface area contributed by atoms with Gasteiger partial charge in [0.05, 0.1) is 0 Å². The van der Waals surface area contributed by atoms with Crippen molar-refractivity contribution in [2.45, 2.75) is 31.4 Å². The molecule has 5 heteroatoms. The number of aryl methyl sites for hydroxylation is 1. The summed E-state index contributed by atoms with van der Waals surface area (Å²) in [7, 11) is 0. The Morgan fingerprint density at radius 2 is 2.06 bits per heavy atom. The monoisotopic (exact) mass is 257 g/mol. The van der Waals surface area contributed by atoms with Gasteiger partial charge in [-0.05, 0) is 36.3 Å². The van der Waals surface area contributed by atoms with Crippen LogP contribution in [0.1, 0.15) is 29.9 Å². The number of halogens is 3. The maximum atomic E-state index is 12.0. The Hall–Kier alpha value is -1.52. The zero-order chi connectivity index (χ0) is 13.2. The van der Waals surface area contributed by atoms with Crippen molar-refractivity contribution in [2.24, 2.45) is 0 Å². The van der Waals surface area contributed by atoms with Crippen molar-refractivity contribution < 1.29 is 18.0 Å². The molecule has 1 atom stereocenters. The van der Waals surface area contributed by atoms with E-state index >= 15 is 0 Å². The highest BCUT2D eigenvalue weighted by Crippen LogP contribution is 2.34. The van der Waals surface area contributed by atoms with Gasteiger partial charge in [0.1, 0.15) is 0 Å². The largest absolute Gasteiger partial charge is 0.471 e. The molecule has 1 aromatic carbocycles. The molecule has 2 nitrogen and oxygen atoms in total. The topological polar surface area (TPSA) is 29.1 Å². The number of carbonyl (C=O) groups is 1. The van der Waals surface area contributed by atoms with Crippen LogP contribution in [0.25, 0.3) is 0 Å². The number of nitrogens with one attached hydrogen (secondary N) is 1. The van der Waals surface area contributed by atoms with Crippen LogP contribution in [0.3, 0.4) is 0 Å². The standard InChI is InChI=1S/C13H14F3NO/c14-13(15,16)12(18)17-8-7-10-6-5-9-3-1-2-4-11(9)10/h1-4,10H,5-8H2,(H,17,18)/t10-/m1/s1. The molecule has 0 spiro atoms. The summed E-state index contributed by atoms with van der Waals surface area (Å²) in [5.41, 5.74) is 2.48. The minimum Gasteiger partial charge on any atom is -0.348 e. The van der Waals surface area contributed by atoms with Crippen molar-refractivity contribution in [3.05, 3.63) is 35.4 Å². The Labute approximate surface area is 103 Å². The molecule has 1 aromatic rings. The van der Waals surface area contributed by atoms with Crippen LogP contribution in [0, 0.1) is 0 Å².